The number of benzene rings is 2. The fourth-order valence-electron chi connectivity index (χ4n) is 4.78. The van der Waals surface area contributed by atoms with Crippen LogP contribution in [0.1, 0.15) is 48.6 Å². The molecule has 1 amide bonds. The van der Waals surface area contributed by atoms with Gasteiger partial charge in [0.1, 0.15) is 0 Å². The molecule has 1 aromatic heterocycles. The van der Waals surface area contributed by atoms with Crippen LogP contribution < -0.4 is 5.56 Å². The zero-order chi connectivity index (χ0) is 24.8. The van der Waals surface area contributed by atoms with Gasteiger partial charge in [0.05, 0.1) is 5.25 Å². The highest BCUT2D eigenvalue weighted by Gasteiger charge is 2.29. The smallest absolute Gasteiger partial charge is 0.257 e. The first-order chi connectivity index (χ1) is 17.0. The van der Waals surface area contributed by atoms with E-state index in [1.807, 2.05) is 49.1 Å². The van der Waals surface area contributed by atoms with E-state index in [-0.39, 0.29) is 16.7 Å². The number of piperidine rings is 1. The molecule has 0 aliphatic carbocycles. The van der Waals surface area contributed by atoms with Gasteiger partial charge in [-0.05, 0) is 49.7 Å². The van der Waals surface area contributed by atoms with Crippen molar-refractivity contribution < 1.29 is 4.79 Å². The van der Waals surface area contributed by atoms with Crippen LogP contribution in [0.2, 0.25) is 0 Å². The zero-order valence-electron chi connectivity index (χ0n) is 20.9. The number of aryl methyl sites for hydroxylation is 1. The third-order valence-corrected chi connectivity index (χ3v) is 8.36. The van der Waals surface area contributed by atoms with Crippen LogP contribution >= 0.6 is 11.8 Å². The molecule has 0 spiro atoms. The van der Waals surface area contributed by atoms with Gasteiger partial charge in [0, 0.05) is 37.8 Å². The van der Waals surface area contributed by atoms with Gasteiger partial charge in [0.15, 0.2) is 5.16 Å². The first-order valence-electron chi connectivity index (χ1n) is 12.6. The van der Waals surface area contributed by atoms with Crippen LogP contribution in [-0.2, 0) is 24.7 Å². The van der Waals surface area contributed by atoms with Gasteiger partial charge in [-0.1, -0.05) is 79.3 Å². The van der Waals surface area contributed by atoms with Crippen molar-refractivity contribution in [2.45, 2.75) is 56.4 Å². The SMILES string of the molecule is CCC(Sc1nc(C)c(Cc2ccccc2)c(=O)n1C)C(=O)N1CCC(Cc2ccccc2)CC1. The molecule has 1 fully saturated rings. The van der Waals surface area contributed by atoms with Crippen molar-refractivity contribution in [1.29, 1.82) is 0 Å². The summed E-state index contributed by atoms with van der Waals surface area (Å²) in [7, 11) is 1.76. The standard InChI is InChI=1S/C29H35N3O2S/c1-4-26(28(34)32-17-15-24(16-18-32)19-22-11-7-5-8-12-22)35-29-30-21(2)25(27(33)31(29)3)20-23-13-9-6-10-14-23/h5-14,24,26H,4,15-20H2,1-3H3. The Labute approximate surface area is 212 Å². The summed E-state index contributed by atoms with van der Waals surface area (Å²) in [4.78, 5) is 33.3. The molecule has 3 aromatic rings. The summed E-state index contributed by atoms with van der Waals surface area (Å²) in [5.74, 6) is 0.785. The first-order valence-corrected chi connectivity index (χ1v) is 13.4. The Bertz CT molecular complexity index is 1190. The molecule has 1 saturated heterocycles. The lowest BCUT2D eigenvalue weighted by Gasteiger charge is -2.34. The van der Waals surface area contributed by atoms with E-state index in [1.54, 1.807) is 11.6 Å². The van der Waals surface area contributed by atoms with Gasteiger partial charge in [-0.15, -0.1) is 0 Å². The Hall–Kier alpha value is -2.86. The second kappa shape index (κ2) is 11.7. The van der Waals surface area contributed by atoms with E-state index in [0.717, 1.165) is 43.6 Å². The number of hydrogen-bond donors (Lipinski definition) is 0. The molecule has 0 N–H and O–H groups in total. The highest BCUT2D eigenvalue weighted by atomic mass is 32.2. The highest BCUT2D eigenvalue weighted by molar-refractivity contribution is 8.00. The lowest BCUT2D eigenvalue weighted by molar-refractivity contribution is -0.132. The van der Waals surface area contributed by atoms with Gasteiger partial charge < -0.3 is 4.90 Å². The molecule has 0 radical (unpaired) electrons. The molecule has 0 saturated carbocycles. The number of carbonyl (C=O) groups is 1. The van der Waals surface area contributed by atoms with Gasteiger partial charge in [-0.25, -0.2) is 4.98 Å². The van der Waals surface area contributed by atoms with Crippen molar-refractivity contribution in [2.24, 2.45) is 13.0 Å². The molecule has 6 heteroatoms. The number of carbonyl (C=O) groups excluding carboxylic acids is 1. The Morgan fingerprint density at radius 1 is 1.03 bits per heavy atom. The molecule has 2 aromatic carbocycles. The molecular weight excluding hydrogens is 454 g/mol. The minimum absolute atomic E-state index is 0.0344. The van der Waals surface area contributed by atoms with E-state index >= 15 is 0 Å². The van der Waals surface area contributed by atoms with Crippen LogP contribution in [0.4, 0.5) is 0 Å². The molecule has 5 nitrogen and oxygen atoms in total. The third-order valence-electron chi connectivity index (χ3n) is 6.96. The maximum atomic E-state index is 13.4. The molecular formula is C29H35N3O2S. The van der Waals surface area contributed by atoms with Crippen LogP contribution in [0.25, 0.3) is 0 Å². The summed E-state index contributed by atoms with van der Waals surface area (Å²) < 4.78 is 1.61. The van der Waals surface area contributed by atoms with Crippen LogP contribution in [-0.4, -0.2) is 38.7 Å². The molecule has 1 aliphatic rings. The molecule has 184 valence electrons. The fourth-order valence-corrected chi connectivity index (χ4v) is 5.88. The van der Waals surface area contributed by atoms with Crippen LogP contribution in [0, 0.1) is 12.8 Å². The molecule has 1 unspecified atom stereocenters. The zero-order valence-corrected chi connectivity index (χ0v) is 21.8. The fraction of sp³-hybridized carbons (Fsp3) is 0.414. The Balaban J connectivity index is 1.40. The van der Waals surface area contributed by atoms with Gasteiger partial charge >= 0.3 is 0 Å². The quantitative estimate of drug-likeness (QED) is 0.329. The van der Waals surface area contributed by atoms with Gasteiger partial charge in [-0.3, -0.25) is 14.2 Å². The Morgan fingerprint density at radius 3 is 2.23 bits per heavy atom. The lowest BCUT2D eigenvalue weighted by atomic mass is 9.90. The predicted molar refractivity (Wildman–Crippen MR) is 143 cm³/mol. The largest absolute Gasteiger partial charge is 0.342 e. The van der Waals surface area contributed by atoms with Crippen molar-refractivity contribution in [3.8, 4) is 0 Å². The monoisotopic (exact) mass is 489 g/mol. The number of amides is 1. The maximum absolute atomic E-state index is 13.4. The second-order valence-corrected chi connectivity index (χ2v) is 10.6. The normalized spacial score (nSPS) is 15.2. The van der Waals surface area contributed by atoms with Crippen molar-refractivity contribution in [1.82, 2.24) is 14.5 Å². The van der Waals surface area contributed by atoms with E-state index in [1.165, 1.54) is 17.3 Å². The minimum atomic E-state index is -0.238. The number of nitrogens with zero attached hydrogens (tertiary/aromatic N) is 3. The van der Waals surface area contributed by atoms with E-state index < -0.39 is 0 Å². The topological polar surface area (TPSA) is 55.2 Å². The Morgan fingerprint density at radius 2 is 1.63 bits per heavy atom. The number of likely N-dealkylation sites (tertiary alicyclic amines) is 1. The maximum Gasteiger partial charge on any atom is 0.257 e. The van der Waals surface area contributed by atoms with E-state index in [2.05, 4.69) is 30.3 Å². The Kier molecular flexibility index (Phi) is 8.45. The first kappa shape index (κ1) is 25.2. The average molecular weight is 490 g/mol. The number of rotatable bonds is 8. The van der Waals surface area contributed by atoms with Crippen molar-refractivity contribution in [2.75, 3.05) is 13.1 Å². The molecule has 35 heavy (non-hydrogen) atoms. The number of aromatic nitrogens is 2. The number of hydrogen-bond acceptors (Lipinski definition) is 4. The van der Waals surface area contributed by atoms with Gasteiger partial charge in [-0.2, -0.15) is 0 Å². The molecule has 0 bridgehead atoms. The van der Waals surface area contributed by atoms with Gasteiger partial charge in [0.2, 0.25) is 5.91 Å². The molecule has 4 rings (SSSR count). The lowest BCUT2D eigenvalue weighted by Crippen LogP contribution is -2.43. The van der Waals surface area contributed by atoms with E-state index in [4.69, 9.17) is 4.98 Å². The third kappa shape index (κ3) is 6.23. The van der Waals surface area contributed by atoms with Crippen molar-refractivity contribution in [3.05, 3.63) is 93.4 Å². The summed E-state index contributed by atoms with van der Waals surface area (Å²) >= 11 is 1.42. The predicted octanol–water partition coefficient (Wildman–Crippen LogP) is 5.03. The molecule has 1 atom stereocenters. The van der Waals surface area contributed by atoms with Crippen LogP contribution in [0.3, 0.4) is 0 Å². The van der Waals surface area contributed by atoms with E-state index in [0.29, 0.717) is 29.5 Å². The minimum Gasteiger partial charge on any atom is -0.342 e. The number of thioether (sulfide) groups is 1. The summed E-state index contributed by atoms with van der Waals surface area (Å²) in [5.41, 5.74) is 3.88. The highest BCUT2D eigenvalue weighted by Crippen LogP contribution is 2.28. The van der Waals surface area contributed by atoms with Crippen molar-refractivity contribution >= 4 is 17.7 Å². The summed E-state index contributed by atoms with van der Waals surface area (Å²) in [6.07, 6.45) is 4.41. The summed E-state index contributed by atoms with van der Waals surface area (Å²) in [6, 6.07) is 20.6. The average Bonchev–Trinajstić information content (AvgIpc) is 2.89. The molecule has 2 heterocycles. The van der Waals surface area contributed by atoms with Crippen LogP contribution in [0.5, 0.6) is 0 Å². The summed E-state index contributed by atoms with van der Waals surface area (Å²) in [6.45, 7) is 5.53. The van der Waals surface area contributed by atoms with Crippen molar-refractivity contribution in [3.63, 3.8) is 0 Å². The van der Waals surface area contributed by atoms with E-state index in [9.17, 15) is 9.59 Å². The van der Waals surface area contributed by atoms with Gasteiger partial charge in [0.25, 0.3) is 5.56 Å². The van der Waals surface area contributed by atoms with Crippen LogP contribution in [0.15, 0.2) is 70.6 Å². The molecule has 1 aliphatic heterocycles. The summed E-state index contributed by atoms with van der Waals surface area (Å²) in [5, 5.41) is 0.377. The second-order valence-electron chi connectivity index (χ2n) is 9.46.